The Hall–Kier alpha value is -2.89. The molecule has 34 heavy (non-hydrogen) atoms. The van der Waals surface area contributed by atoms with Gasteiger partial charge in [0.2, 0.25) is 5.91 Å². The minimum Gasteiger partial charge on any atom is -0.311 e. The molecule has 0 saturated carbocycles. The third-order valence-corrected chi connectivity index (χ3v) is 8.71. The number of halogens is 3. The third-order valence-electron chi connectivity index (χ3n) is 5.60. The molecule has 1 aromatic heterocycles. The average Bonchev–Trinajstić information content (AvgIpc) is 3.29. The third kappa shape index (κ3) is 3.87. The largest absolute Gasteiger partial charge is 0.416 e. The Kier molecular flexibility index (Phi) is 5.45. The maximum atomic E-state index is 13.5. The number of benzene rings is 3. The van der Waals surface area contributed by atoms with E-state index in [1.54, 1.807) is 36.4 Å². The van der Waals surface area contributed by atoms with Gasteiger partial charge in [0.05, 0.1) is 26.7 Å². The van der Waals surface area contributed by atoms with E-state index >= 15 is 0 Å². The van der Waals surface area contributed by atoms with Crippen LogP contribution in [0.3, 0.4) is 0 Å². The van der Waals surface area contributed by atoms with Crippen LogP contribution in [0.4, 0.5) is 13.2 Å². The molecule has 5 rings (SSSR count). The lowest BCUT2D eigenvalue weighted by Gasteiger charge is -2.11. The van der Waals surface area contributed by atoms with Crippen LogP contribution in [0.1, 0.15) is 11.1 Å². The normalized spacial score (nSPS) is 17.0. The number of hydrogen-bond acceptors (Lipinski definition) is 5. The molecule has 2 heterocycles. The van der Waals surface area contributed by atoms with E-state index in [2.05, 4.69) is 5.32 Å². The SMILES string of the molecule is O=C1NC(=S)SC1Cc1ccc2c(c1)c1ccccc1n2S(=O)(=O)c1ccc(C(F)(F)F)cc1. The molecule has 0 bridgehead atoms. The molecule has 5 nitrogen and oxygen atoms in total. The second-order valence-electron chi connectivity index (χ2n) is 7.75. The van der Waals surface area contributed by atoms with Gasteiger partial charge in [-0.1, -0.05) is 48.2 Å². The molecule has 1 aliphatic heterocycles. The van der Waals surface area contributed by atoms with Gasteiger partial charge in [0.25, 0.3) is 10.0 Å². The number of alkyl halides is 3. The van der Waals surface area contributed by atoms with Gasteiger partial charge in [-0.05, 0) is 54.4 Å². The van der Waals surface area contributed by atoms with Crippen molar-refractivity contribution in [3.8, 4) is 0 Å². The van der Waals surface area contributed by atoms with Gasteiger partial charge in [0.1, 0.15) is 4.32 Å². The van der Waals surface area contributed by atoms with Crippen LogP contribution < -0.4 is 5.32 Å². The Morgan fingerprint density at radius 2 is 1.65 bits per heavy atom. The molecule has 1 atom stereocenters. The maximum Gasteiger partial charge on any atom is 0.416 e. The number of rotatable bonds is 4. The van der Waals surface area contributed by atoms with Crippen LogP contribution in [0.2, 0.25) is 0 Å². The summed E-state index contributed by atoms with van der Waals surface area (Å²) >= 11 is 6.32. The van der Waals surface area contributed by atoms with Crippen molar-refractivity contribution in [2.24, 2.45) is 0 Å². The Morgan fingerprint density at radius 1 is 0.971 bits per heavy atom. The summed E-state index contributed by atoms with van der Waals surface area (Å²) < 4.78 is 67.5. The molecular weight excluding hydrogens is 505 g/mol. The van der Waals surface area contributed by atoms with Gasteiger partial charge >= 0.3 is 6.18 Å². The van der Waals surface area contributed by atoms with Crippen LogP contribution in [-0.4, -0.2) is 27.9 Å². The van der Waals surface area contributed by atoms with Gasteiger partial charge in [-0.3, -0.25) is 4.79 Å². The van der Waals surface area contributed by atoms with Crippen molar-refractivity contribution in [1.82, 2.24) is 9.29 Å². The quantitative estimate of drug-likeness (QED) is 0.379. The molecule has 0 radical (unpaired) electrons. The van der Waals surface area contributed by atoms with E-state index in [0.29, 0.717) is 32.5 Å². The fourth-order valence-electron chi connectivity index (χ4n) is 4.03. The number of nitrogens with zero attached hydrogens (tertiary/aromatic N) is 1. The van der Waals surface area contributed by atoms with Crippen molar-refractivity contribution < 1.29 is 26.4 Å². The topological polar surface area (TPSA) is 68.2 Å². The highest BCUT2D eigenvalue weighted by molar-refractivity contribution is 8.24. The summed E-state index contributed by atoms with van der Waals surface area (Å²) in [7, 11) is -4.20. The van der Waals surface area contributed by atoms with Crippen LogP contribution in [-0.2, 0) is 27.4 Å². The van der Waals surface area contributed by atoms with Crippen LogP contribution in [0, 0.1) is 0 Å². The van der Waals surface area contributed by atoms with E-state index in [4.69, 9.17) is 12.2 Å². The Labute approximate surface area is 202 Å². The maximum absolute atomic E-state index is 13.5. The standard InChI is InChI=1S/C23H15F3N2O3S3/c24-23(25,26)14-6-8-15(9-7-14)34(30,31)28-18-4-2-1-3-16(18)17-11-13(5-10-19(17)28)12-20-21(29)27-22(32)33-20/h1-11,20H,12H2,(H,27,29,32). The Bertz CT molecular complexity index is 1580. The molecule has 1 fully saturated rings. The second kappa shape index (κ2) is 8.10. The molecule has 4 aromatic rings. The number of thioether (sulfide) groups is 1. The fourth-order valence-corrected chi connectivity index (χ4v) is 6.87. The van der Waals surface area contributed by atoms with Gasteiger partial charge in [-0.2, -0.15) is 13.2 Å². The summed E-state index contributed by atoms with van der Waals surface area (Å²) in [4.78, 5) is 11.8. The molecule has 1 saturated heterocycles. The number of aromatic nitrogens is 1. The minimum absolute atomic E-state index is 0.164. The van der Waals surface area contributed by atoms with Crippen LogP contribution in [0.5, 0.6) is 0 Å². The van der Waals surface area contributed by atoms with Gasteiger partial charge in [0, 0.05) is 10.8 Å². The van der Waals surface area contributed by atoms with Gasteiger partial charge in [0.15, 0.2) is 0 Å². The molecule has 0 spiro atoms. The first kappa shape index (κ1) is 22.9. The van der Waals surface area contributed by atoms with Crippen LogP contribution in [0.25, 0.3) is 21.8 Å². The van der Waals surface area contributed by atoms with E-state index in [0.717, 1.165) is 33.8 Å². The zero-order valence-corrected chi connectivity index (χ0v) is 19.6. The van der Waals surface area contributed by atoms with E-state index in [-0.39, 0.29) is 16.1 Å². The van der Waals surface area contributed by atoms with Crippen molar-refractivity contribution in [2.45, 2.75) is 22.7 Å². The summed E-state index contributed by atoms with van der Waals surface area (Å²) in [6.07, 6.45) is -4.15. The van der Waals surface area contributed by atoms with Crippen LogP contribution in [0.15, 0.2) is 71.6 Å². The van der Waals surface area contributed by atoms with Gasteiger partial charge in [-0.15, -0.1) is 0 Å². The lowest BCUT2D eigenvalue weighted by Crippen LogP contribution is -2.25. The summed E-state index contributed by atoms with van der Waals surface area (Å²) in [5, 5.41) is 3.58. The van der Waals surface area contributed by atoms with Gasteiger partial charge in [-0.25, -0.2) is 12.4 Å². The lowest BCUT2D eigenvalue weighted by molar-refractivity contribution is -0.137. The molecule has 174 valence electrons. The number of hydrogen-bond donors (Lipinski definition) is 1. The molecule has 1 amide bonds. The van der Waals surface area contributed by atoms with Crippen molar-refractivity contribution >= 4 is 66.0 Å². The lowest BCUT2D eigenvalue weighted by atomic mass is 10.1. The van der Waals surface area contributed by atoms with Gasteiger partial charge < -0.3 is 5.32 Å². The monoisotopic (exact) mass is 520 g/mol. The Balaban J connectivity index is 1.63. The van der Waals surface area contributed by atoms with E-state index in [1.807, 2.05) is 6.07 Å². The summed E-state index contributed by atoms with van der Waals surface area (Å²) in [6, 6.07) is 15.6. The number of nitrogens with one attached hydrogen (secondary N) is 1. The number of carbonyl (C=O) groups is 1. The minimum atomic E-state index is -4.57. The van der Waals surface area contributed by atoms with Crippen molar-refractivity contribution in [2.75, 3.05) is 0 Å². The highest BCUT2D eigenvalue weighted by Gasteiger charge is 2.32. The summed E-state index contributed by atoms with van der Waals surface area (Å²) in [5.41, 5.74) is 0.707. The van der Waals surface area contributed by atoms with E-state index in [9.17, 15) is 26.4 Å². The molecule has 11 heteroatoms. The summed E-state index contributed by atoms with van der Waals surface area (Å²) in [6.45, 7) is 0. The molecule has 0 aliphatic carbocycles. The molecule has 1 unspecified atom stereocenters. The zero-order chi connectivity index (χ0) is 24.3. The highest BCUT2D eigenvalue weighted by atomic mass is 32.2. The predicted molar refractivity (Wildman–Crippen MR) is 129 cm³/mol. The highest BCUT2D eigenvalue weighted by Crippen LogP contribution is 2.35. The number of amides is 1. The summed E-state index contributed by atoms with van der Waals surface area (Å²) in [5.74, 6) is -0.164. The molecule has 1 aliphatic rings. The fraction of sp³-hybridized carbons (Fsp3) is 0.130. The average molecular weight is 521 g/mol. The first-order valence-electron chi connectivity index (χ1n) is 10.0. The van der Waals surface area contributed by atoms with Crippen LogP contribution >= 0.6 is 24.0 Å². The van der Waals surface area contributed by atoms with Crippen molar-refractivity contribution in [3.05, 3.63) is 77.9 Å². The smallest absolute Gasteiger partial charge is 0.311 e. The number of thiocarbonyl (C=S) groups is 1. The molecular formula is C23H15F3N2O3S3. The number of fused-ring (bicyclic) bond motifs is 3. The van der Waals surface area contributed by atoms with Crippen molar-refractivity contribution in [3.63, 3.8) is 0 Å². The first-order valence-corrected chi connectivity index (χ1v) is 12.7. The van der Waals surface area contributed by atoms with E-state index in [1.165, 1.54) is 11.8 Å². The molecule has 3 aromatic carbocycles. The number of carbonyl (C=O) groups excluding carboxylic acids is 1. The second-order valence-corrected chi connectivity index (χ2v) is 11.4. The number of para-hydroxylation sites is 1. The predicted octanol–water partition coefficient (Wildman–Crippen LogP) is 5.11. The van der Waals surface area contributed by atoms with Crippen molar-refractivity contribution in [1.29, 1.82) is 0 Å². The van der Waals surface area contributed by atoms with E-state index < -0.39 is 21.8 Å². The Morgan fingerprint density at radius 3 is 2.29 bits per heavy atom. The zero-order valence-electron chi connectivity index (χ0n) is 17.2. The first-order chi connectivity index (χ1) is 16.1. The molecule has 1 N–H and O–H groups in total.